The summed E-state index contributed by atoms with van der Waals surface area (Å²) in [5, 5.41) is 19.5. The fourth-order valence-electron chi connectivity index (χ4n) is 1.60. The van der Waals surface area contributed by atoms with Gasteiger partial charge in [-0.05, 0) is 42.9 Å². The molecule has 1 aromatic carbocycles. The van der Waals surface area contributed by atoms with Crippen LogP contribution in [0.3, 0.4) is 0 Å². The Morgan fingerprint density at radius 1 is 1.47 bits per heavy atom. The van der Waals surface area contributed by atoms with Gasteiger partial charge in [0.1, 0.15) is 11.9 Å². The molecule has 0 amide bonds. The Labute approximate surface area is 105 Å². The minimum atomic E-state index is -1.28. The first-order valence-electron chi connectivity index (χ1n) is 5.24. The van der Waals surface area contributed by atoms with E-state index in [1.165, 1.54) is 13.0 Å². The standard InChI is InChI=1S/C12H15FO3S/c1-7(14)9-3-2-8(13)6-10(9)12(16)11(15)4-5-17/h2-3,6,11-12,15-17H,4-5H2,1H3. The molecular formula is C12H15FO3S. The van der Waals surface area contributed by atoms with Gasteiger partial charge >= 0.3 is 0 Å². The smallest absolute Gasteiger partial charge is 0.160 e. The van der Waals surface area contributed by atoms with Crippen molar-refractivity contribution in [2.75, 3.05) is 5.75 Å². The summed E-state index contributed by atoms with van der Waals surface area (Å²) in [6.45, 7) is 1.33. The lowest BCUT2D eigenvalue weighted by molar-refractivity contribution is 0.0166. The van der Waals surface area contributed by atoms with E-state index >= 15 is 0 Å². The Balaban J connectivity index is 3.10. The molecule has 0 heterocycles. The van der Waals surface area contributed by atoms with Crippen molar-refractivity contribution in [3.8, 4) is 0 Å². The number of Topliss-reactive ketones (excluding diaryl/α,β-unsaturated/α-hetero) is 1. The molecule has 17 heavy (non-hydrogen) atoms. The molecule has 0 aliphatic carbocycles. The molecule has 0 aliphatic rings. The summed E-state index contributed by atoms with van der Waals surface area (Å²) in [5.74, 6) is -0.442. The van der Waals surface area contributed by atoms with Gasteiger partial charge in [-0.3, -0.25) is 4.79 Å². The molecule has 3 nitrogen and oxygen atoms in total. The lowest BCUT2D eigenvalue weighted by Gasteiger charge is -2.19. The molecule has 94 valence electrons. The number of ketones is 1. The van der Waals surface area contributed by atoms with Gasteiger partial charge in [0.25, 0.3) is 0 Å². The first kappa shape index (κ1) is 14.2. The quantitative estimate of drug-likeness (QED) is 0.557. The highest BCUT2D eigenvalue weighted by molar-refractivity contribution is 7.80. The van der Waals surface area contributed by atoms with Gasteiger partial charge in [0, 0.05) is 5.56 Å². The number of benzene rings is 1. The molecule has 0 fully saturated rings. The molecule has 1 aromatic rings. The number of hydrogen-bond acceptors (Lipinski definition) is 4. The van der Waals surface area contributed by atoms with Crippen molar-refractivity contribution in [3.05, 3.63) is 35.1 Å². The van der Waals surface area contributed by atoms with E-state index in [9.17, 15) is 19.4 Å². The molecule has 5 heteroatoms. The van der Waals surface area contributed by atoms with E-state index in [0.717, 1.165) is 12.1 Å². The highest BCUT2D eigenvalue weighted by atomic mass is 32.1. The van der Waals surface area contributed by atoms with Crippen molar-refractivity contribution < 1.29 is 19.4 Å². The van der Waals surface area contributed by atoms with E-state index in [2.05, 4.69) is 12.6 Å². The monoisotopic (exact) mass is 258 g/mol. The second-order valence-electron chi connectivity index (χ2n) is 3.81. The number of aliphatic hydroxyl groups is 2. The number of carbonyl (C=O) groups is 1. The molecule has 0 aliphatic heterocycles. The lowest BCUT2D eigenvalue weighted by atomic mass is 9.95. The van der Waals surface area contributed by atoms with Gasteiger partial charge in [-0.25, -0.2) is 4.39 Å². The Bertz CT molecular complexity index is 409. The fourth-order valence-corrected chi connectivity index (χ4v) is 1.86. The van der Waals surface area contributed by atoms with Crippen LogP contribution in [-0.2, 0) is 0 Å². The van der Waals surface area contributed by atoms with E-state index in [0.29, 0.717) is 5.75 Å². The largest absolute Gasteiger partial charge is 0.390 e. The first-order chi connectivity index (χ1) is 7.97. The van der Waals surface area contributed by atoms with Crippen molar-refractivity contribution in [2.24, 2.45) is 0 Å². The van der Waals surface area contributed by atoms with Crippen molar-refractivity contribution in [1.29, 1.82) is 0 Å². The molecule has 2 N–H and O–H groups in total. The third-order valence-corrected chi connectivity index (χ3v) is 2.76. The van der Waals surface area contributed by atoms with E-state index in [1.54, 1.807) is 0 Å². The molecule has 2 atom stereocenters. The Morgan fingerprint density at radius 3 is 2.65 bits per heavy atom. The number of aliphatic hydroxyl groups excluding tert-OH is 2. The average Bonchev–Trinajstić information content (AvgIpc) is 2.27. The van der Waals surface area contributed by atoms with E-state index in [-0.39, 0.29) is 23.3 Å². The summed E-state index contributed by atoms with van der Waals surface area (Å²) in [7, 11) is 0. The maximum absolute atomic E-state index is 13.1. The Hall–Kier alpha value is -0.910. The maximum Gasteiger partial charge on any atom is 0.160 e. The van der Waals surface area contributed by atoms with Crippen molar-refractivity contribution in [2.45, 2.75) is 25.6 Å². The van der Waals surface area contributed by atoms with Crippen LogP contribution in [0, 0.1) is 5.82 Å². The number of carbonyl (C=O) groups excluding carboxylic acids is 1. The van der Waals surface area contributed by atoms with Crippen LogP contribution in [-0.4, -0.2) is 27.9 Å². The Morgan fingerprint density at radius 2 is 2.12 bits per heavy atom. The van der Waals surface area contributed by atoms with Gasteiger partial charge in [0.05, 0.1) is 6.10 Å². The molecule has 0 saturated heterocycles. The predicted molar refractivity (Wildman–Crippen MR) is 65.8 cm³/mol. The summed E-state index contributed by atoms with van der Waals surface area (Å²) in [6.07, 6.45) is -2.08. The van der Waals surface area contributed by atoms with Crippen LogP contribution in [0.5, 0.6) is 0 Å². The zero-order valence-electron chi connectivity index (χ0n) is 9.43. The van der Waals surface area contributed by atoms with E-state index in [1.807, 2.05) is 0 Å². The number of rotatable bonds is 5. The summed E-state index contributed by atoms with van der Waals surface area (Å²) in [4.78, 5) is 11.3. The highest BCUT2D eigenvalue weighted by Crippen LogP contribution is 2.24. The lowest BCUT2D eigenvalue weighted by Crippen LogP contribution is -2.21. The minimum Gasteiger partial charge on any atom is -0.390 e. The third kappa shape index (κ3) is 3.52. The molecule has 1 rings (SSSR count). The SMILES string of the molecule is CC(=O)c1ccc(F)cc1C(O)C(O)CCS. The summed E-state index contributed by atoms with van der Waals surface area (Å²) in [6, 6.07) is 3.53. The summed E-state index contributed by atoms with van der Waals surface area (Å²) >= 11 is 3.94. The zero-order chi connectivity index (χ0) is 13.0. The van der Waals surface area contributed by atoms with Gasteiger partial charge in [-0.1, -0.05) is 0 Å². The van der Waals surface area contributed by atoms with Crippen molar-refractivity contribution in [3.63, 3.8) is 0 Å². The van der Waals surface area contributed by atoms with Gasteiger partial charge in [0.2, 0.25) is 0 Å². The fraction of sp³-hybridized carbons (Fsp3) is 0.417. The second-order valence-corrected chi connectivity index (χ2v) is 4.26. The number of thiol groups is 1. The van der Waals surface area contributed by atoms with E-state index in [4.69, 9.17) is 0 Å². The van der Waals surface area contributed by atoms with Crippen LogP contribution >= 0.6 is 12.6 Å². The maximum atomic E-state index is 13.1. The van der Waals surface area contributed by atoms with Crippen LogP contribution in [0.2, 0.25) is 0 Å². The number of hydrogen-bond donors (Lipinski definition) is 3. The molecule has 0 aromatic heterocycles. The molecule has 0 radical (unpaired) electrons. The highest BCUT2D eigenvalue weighted by Gasteiger charge is 2.22. The topological polar surface area (TPSA) is 57.5 Å². The third-order valence-electron chi connectivity index (χ3n) is 2.50. The normalized spacial score (nSPS) is 14.4. The van der Waals surface area contributed by atoms with Gasteiger partial charge in [0.15, 0.2) is 5.78 Å². The molecule has 2 unspecified atom stereocenters. The zero-order valence-corrected chi connectivity index (χ0v) is 10.3. The van der Waals surface area contributed by atoms with E-state index < -0.39 is 18.0 Å². The van der Waals surface area contributed by atoms with Crippen LogP contribution in [0.15, 0.2) is 18.2 Å². The molecular weight excluding hydrogens is 243 g/mol. The minimum absolute atomic E-state index is 0.117. The molecule has 0 spiro atoms. The summed E-state index contributed by atoms with van der Waals surface area (Å²) in [5.41, 5.74) is 0.337. The average molecular weight is 258 g/mol. The second kappa shape index (κ2) is 6.14. The van der Waals surface area contributed by atoms with Crippen molar-refractivity contribution >= 4 is 18.4 Å². The molecule has 0 saturated carbocycles. The van der Waals surface area contributed by atoms with Crippen LogP contribution in [0.4, 0.5) is 4.39 Å². The predicted octanol–water partition coefficient (Wildman–Crippen LogP) is 1.74. The molecule has 0 bridgehead atoms. The van der Waals surface area contributed by atoms with Crippen LogP contribution in [0.1, 0.15) is 35.4 Å². The van der Waals surface area contributed by atoms with Gasteiger partial charge in [-0.15, -0.1) is 0 Å². The Kier molecular flexibility index (Phi) is 5.11. The summed E-state index contributed by atoms with van der Waals surface area (Å²) < 4.78 is 13.1. The van der Waals surface area contributed by atoms with Crippen molar-refractivity contribution in [1.82, 2.24) is 0 Å². The van der Waals surface area contributed by atoms with Gasteiger partial charge < -0.3 is 10.2 Å². The number of halogens is 1. The van der Waals surface area contributed by atoms with Gasteiger partial charge in [-0.2, -0.15) is 12.6 Å². The van der Waals surface area contributed by atoms with Crippen LogP contribution in [0.25, 0.3) is 0 Å². The van der Waals surface area contributed by atoms with Crippen LogP contribution < -0.4 is 0 Å². The first-order valence-corrected chi connectivity index (χ1v) is 5.88.